The number of aromatic nitrogens is 2. The summed E-state index contributed by atoms with van der Waals surface area (Å²) >= 11 is 0. The van der Waals surface area contributed by atoms with Gasteiger partial charge in [-0.3, -0.25) is 0 Å². The first-order valence-corrected chi connectivity index (χ1v) is 10.3. The van der Waals surface area contributed by atoms with Crippen molar-refractivity contribution in [3.8, 4) is 0 Å². The highest BCUT2D eigenvalue weighted by molar-refractivity contribution is 5.89. The van der Waals surface area contributed by atoms with Gasteiger partial charge in [0.1, 0.15) is 5.82 Å². The molecule has 2 amide bonds. The quantitative estimate of drug-likeness (QED) is 0.859. The van der Waals surface area contributed by atoms with Crippen LogP contribution in [-0.4, -0.2) is 60.4 Å². The smallest absolute Gasteiger partial charge is 0.321 e. The number of amides is 2. The van der Waals surface area contributed by atoms with Crippen molar-refractivity contribution < 1.29 is 9.18 Å². The molecule has 0 radical (unpaired) electrons. The van der Waals surface area contributed by atoms with Gasteiger partial charge in [-0.15, -0.1) is 10.2 Å². The lowest BCUT2D eigenvalue weighted by Gasteiger charge is -2.35. The Morgan fingerprint density at radius 1 is 0.828 bits per heavy atom. The SMILES string of the molecule is O=C(Nc1cccc(F)c1)N1CCN(c2ccc(N3CCCCCC3)nn2)CC1. The van der Waals surface area contributed by atoms with E-state index in [1.54, 1.807) is 17.0 Å². The Kier molecular flexibility index (Phi) is 6.07. The third kappa shape index (κ3) is 4.93. The second kappa shape index (κ2) is 9.07. The molecule has 0 saturated carbocycles. The van der Waals surface area contributed by atoms with Crippen LogP contribution in [0.5, 0.6) is 0 Å². The molecule has 1 aromatic heterocycles. The van der Waals surface area contributed by atoms with Crippen LogP contribution in [0.1, 0.15) is 25.7 Å². The predicted octanol–water partition coefficient (Wildman–Crippen LogP) is 3.35. The van der Waals surface area contributed by atoms with E-state index in [0.29, 0.717) is 31.9 Å². The van der Waals surface area contributed by atoms with Gasteiger partial charge in [0.15, 0.2) is 11.6 Å². The molecular formula is C21H27FN6O. The second-order valence-electron chi connectivity index (χ2n) is 7.57. The normalized spacial score (nSPS) is 17.8. The minimum Gasteiger partial charge on any atom is -0.355 e. The molecule has 2 aliphatic rings. The lowest BCUT2D eigenvalue weighted by molar-refractivity contribution is 0.208. The van der Waals surface area contributed by atoms with E-state index in [-0.39, 0.29) is 11.8 Å². The molecule has 2 fully saturated rings. The summed E-state index contributed by atoms with van der Waals surface area (Å²) in [5.41, 5.74) is 0.465. The Hall–Kier alpha value is -2.90. The van der Waals surface area contributed by atoms with Crippen molar-refractivity contribution in [2.45, 2.75) is 25.7 Å². The first kappa shape index (κ1) is 19.4. The Morgan fingerprint density at radius 2 is 1.45 bits per heavy atom. The highest BCUT2D eigenvalue weighted by Crippen LogP contribution is 2.20. The zero-order chi connectivity index (χ0) is 20.1. The van der Waals surface area contributed by atoms with E-state index in [2.05, 4.69) is 31.4 Å². The maximum atomic E-state index is 13.3. The van der Waals surface area contributed by atoms with E-state index < -0.39 is 0 Å². The van der Waals surface area contributed by atoms with Crippen LogP contribution in [0.3, 0.4) is 0 Å². The highest BCUT2D eigenvalue weighted by atomic mass is 19.1. The van der Waals surface area contributed by atoms with Crippen molar-refractivity contribution >= 4 is 23.4 Å². The molecule has 154 valence electrons. The minimum atomic E-state index is -0.366. The Bertz CT molecular complexity index is 814. The van der Waals surface area contributed by atoms with Crippen molar-refractivity contribution in [3.05, 3.63) is 42.2 Å². The van der Waals surface area contributed by atoms with Crippen LogP contribution in [0, 0.1) is 5.82 Å². The monoisotopic (exact) mass is 398 g/mol. The van der Waals surface area contributed by atoms with Gasteiger partial charge in [0.2, 0.25) is 0 Å². The molecule has 0 atom stereocenters. The average molecular weight is 398 g/mol. The lowest BCUT2D eigenvalue weighted by Crippen LogP contribution is -2.50. The summed E-state index contributed by atoms with van der Waals surface area (Å²) in [6.45, 7) is 4.64. The van der Waals surface area contributed by atoms with Crippen LogP contribution in [0.4, 0.5) is 26.5 Å². The van der Waals surface area contributed by atoms with E-state index in [9.17, 15) is 9.18 Å². The van der Waals surface area contributed by atoms with Crippen LogP contribution in [0.25, 0.3) is 0 Å². The Balaban J connectivity index is 1.30. The van der Waals surface area contributed by atoms with E-state index in [4.69, 9.17) is 0 Å². The number of carbonyl (C=O) groups is 1. The predicted molar refractivity (Wildman–Crippen MR) is 112 cm³/mol. The topological polar surface area (TPSA) is 64.6 Å². The molecule has 7 nitrogen and oxygen atoms in total. The Morgan fingerprint density at radius 3 is 2.03 bits per heavy atom. The number of rotatable bonds is 3. The third-order valence-corrected chi connectivity index (χ3v) is 5.53. The molecule has 4 rings (SSSR count). The molecule has 0 spiro atoms. The number of benzene rings is 1. The summed E-state index contributed by atoms with van der Waals surface area (Å²) in [6.07, 6.45) is 5.00. The fourth-order valence-electron chi connectivity index (χ4n) is 3.86. The number of piperazine rings is 1. The van der Waals surface area contributed by atoms with Gasteiger partial charge in [0.05, 0.1) is 0 Å². The van der Waals surface area contributed by atoms with Crippen LogP contribution < -0.4 is 15.1 Å². The number of anilines is 3. The van der Waals surface area contributed by atoms with E-state index in [1.165, 1.54) is 37.8 Å². The first-order valence-electron chi connectivity index (χ1n) is 10.3. The van der Waals surface area contributed by atoms with E-state index >= 15 is 0 Å². The van der Waals surface area contributed by atoms with Gasteiger partial charge in [0, 0.05) is 45.0 Å². The van der Waals surface area contributed by atoms with Gasteiger partial charge in [-0.2, -0.15) is 0 Å². The molecular weight excluding hydrogens is 371 g/mol. The summed E-state index contributed by atoms with van der Waals surface area (Å²) in [6, 6.07) is 9.79. The summed E-state index contributed by atoms with van der Waals surface area (Å²) < 4.78 is 13.3. The molecule has 8 heteroatoms. The number of nitrogens with one attached hydrogen (secondary N) is 1. The molecule has 2 aromatic rings. The number of halogens is 1. The molecule has 0 aliphatic carbocycles. The number of hydrogen-bond acceptors (Lipinski definition) is 5. The van der Waals surface area contributed by atoms with E-state index in [0.717, 1.165) is 24.7 Å². The molecule has 2 aliphatic heterocycles. The molecule has 0 unspecified atom stereocenters. The fourth-order valence-corrected chi connectivity index (χ4v) is 3.86. The zero-order valence-electron chi connectivity index (χ0n) is 16.6. The van der Waals surface area contributed by atoms with Crippen LogP contribution in [-0.2, 0) is 0 Å². The van der Waals surface area contributed by atoms with Crippen LogP contribution in [0.2, 0.25) is 0 Å². The Labute approximate surface area is 170 Å². The average Bonchev–Trinajstić information content (AvgIpc) is 3.04. The molecule has 0 bridgehead atoms. The molecule has 2 saturated heterocycles. The summed E-state index contributed by atoms with van der Waals surface area (Å²) in [5.74, 6) is 1.42. The zero-order valence-corrected chi connectivity index (χ0v) is 16.6. The van der Waals surface area contributed by atoms with Crippen molar-refractivity contribution in [2.24, 2.45) is 0 Å². The van der Waals surface area contributed by atoms with Crippen molar-refractivity contribution in [3.63, 3.8) is 0 Å². The number of urea groups is 1. The minimum absolute atomic E-state index is 0.210. The second-order valence-corrected chi connectivity index (χ2v) is 7.57. The maximum Gasteiger partial charge on any atom is 0.321 e. The van der Waals surface area contributed by atoms with Gasteiger partial charge in [-0.05, 0) is 43.2 Å². The number of carbonyl (C=O) groups excluding carboxylic acids is 1. The van der Waals surface area contributed by atoms with Crippen molar-refractivity contribution in [1.82, 2.24) is 15.1 Å². The van der Waals surface area contributed by atoms with Gasteiger partial charge >= 0.3 is 6.03 Å². The summed E-state index contributed by atoms with van der Waals surface area (Å²) in [7, 11) is 0. The van der Waals surface area contributed by atoms with Crippen molar-refractivity contribution in [2.75, 3.05) is 54.4 Å². The van der Waals surface area contributed by atoms with E-state index in [1.807, 2.05) is 6.07 Å². The lowest BCUT2D eigenvalue weighted by atomic mass is 10.2. The number of hydrogen-bond donors (Lipinski definition) is 1. The largest absolute Gasteiger partial charge is 0.355 e. The molecule has 1 N–H and O–H groups in total. The van der Waals surface area contributed by atoms with Gasteiger partial charge in [-0.25, -0.2) is 9.18 Å². The standard InChI is InChI=1S/C21H27FN6O/c22-17-6-5-7-18(16-17)23-21(29)28-14-12-27(13-15-28)20-9-8-19(24-25-20)26-10-3-1-2-4-11-26/h5-9,16H,1-4,10-15H2,(H,23,29). The third-order valence-electron chi connectivity index (χ3n) is 5.53. The first-order chi connectivity index (χ1) is 14.2. The van der Waals surface area contributed by atoms with Gasteiger partial charge < -0.3 is 20.0 Å². The van der Waals surface area contributed by atoms with Crippen molar-refractivity contribution in [1.29, 1.82) is 0 Å². The highest BCUT2D eigenvalue weighted by Gasteiger charge is 2.22. The molecule has 1 aromatic carbocycles. The maximum absolute atomic E-state index is 13.3. The van der Waals surface area contributed by atoms with Gasteiger partial charge in [-0.1, -0.05) is 18.9 Å². The fraction of sp³-hybridized carbons (Fsp3) is 0.476. The summed E-state index contributed by atoms with van der Waals surface area (Å²) in [4.78, 5) is 18.6. The van der Waals surface area contributed by atoms with Crippen LogP contribution in [0.15, 0.2) is 36.4 Å². The summed E-state index contributed by atoms with van der Waals surface area (Å²) in [5, 5.41) is 11.6. The van der Waals surface area contributed by atoms with Gasteiger partial charge in [0.25, 0.3) is 0 Å². The molecule has 29 heavy (non-hydrogen) atoms. The number of nitrogens with zero attached hydrogens (tertiary/aromatic N) is 5. The van der Waals surface area contributed by atoms with Crippen LogP contribution >= 0.6 is 0 Å². The molecule has 3 heterocycles.